The number of hydrogen-bond donors (Lipinski definition) is 2. The molecular weight excluding hydrogens is 360 g/mol. The highest BCUT2D eigenvalue weighted by atomic mass is 79.9. The molecule has 2 N–H and O–H groups in total. The van der Waals surface area contributed by atoms with Crippen LogP contribution in [0, 0.1) is 13.8 Å². The number of benzene rings is 1. The fraction of sp³-hybridized carbons (Fsp3) is 0.471. The molecule has 1 saturated heterocycles. The van der Waals surface area contributed by atoms with E-state index in [9.17, 15) is 15.1 Å². The predicted molar refractivity (Wildman–Crippen MR) is 91.3 cm³/mol. The molecule has 0 aromatic heterocycles. The average Bonchev–Trinajstić information content (AvgIpc) is 2.65. The predicted octanol–water partition coefficient (Wildman–Crippen LogP) is 3.03. The van der Waals surface area contributed by atoms with E-state index in [1.807, 2.05) is 26.0 Å². The van der Waals surface area contributed by atoms with Crippen molar-refractivity contribution in [1.29, 1.82) is 0 Å². The molecule has 1 aromatic carbocycles. The third-order valence-corrected chi connectivity index (χ3v) is 5.71. The number of amides is 1. The van der Waals surface area contributed by atoms with Crippen LogP contribution in [0.25, 0.3) is 5.57 Å². The molecule has 0 aliphatic carbocycles. The van der Waals surface area contributed by atoms with Crippen LogP contribution in [0.5, 0.6) is 0 Å². The molecule has 0 unspecified atom stereocenters. The van der Waals surface area contributed by atoms with E-state index in [4.69, 9.17) is 0 Å². The second-order valence-electron chi connectivity index (χ2n) is 6.51. The summed E-state index contributed by atoms with van der Waals surface area (Å²) in [5.74, 6) is -0.0349. The number of carbonyl (C=O) groups is 1. The summed E-state index contributed by atoms with van der Waals surface area (Å²) in [4.78, 5) is 14.5. The first-order chi connectivity index (χ1) is 10.8. The lowest BCUT2D eigenvalue weighted by molar-refractivity contribution is -0.141. The van der Waals surface area contributed by atoms with Gasteiger partial charge in [-0.2, -0.15) is 5.06 Å². The molecule has 0 bridgehead atoms. The summed E-state index contributed by atoms with van der Waals surface area (Å²) < 4.78 is 0.815. The normalized spacial score (nSPS) is 21.6. The van der Waals surface area contributed by atoms with Gasteiger partial charge in [0.2, 0.25) is 0 Å². The molecule has 2 heterocycles. The lowest BCUT2D eigenvalue weighted by atomic mass is 9.85. The van der Waals surface area contributed by atoms with E-state index in [2.05, 4.69) is 15.9 Å². The van der Waals surface area contributed by atoms with Gasteiger partial charge >= 0.3 is 0 Å². The van der Waals surface area contributed by atoms with Gasteiger partial charge in [-0.3, -0.25) is 4.79 Å². The van der Waals surface area contributed by atoms with Gasteiger partial charge in [-0.1, -0.05) is 22.0 Å². The fourth-order valence-corrected chi connectivity index (χ4v) is 4.62. The molecule has 3 rings (SSSR count). The zero-order chi connectivity index (χ0) is 16.9. The average molecular weight is 381 g/mol. The molecule has 1 amide bonds. The third-order valence-electron chi connectivity index (χ3n) is 5.09. The highest BCUT2D eigenvalue weighted by Crippen LogP contribution is 2.46. The number of aryl methyl sites for hydroxylation is 2. The maximum absolute atomic E-state index is 12.9. The van der Waals surface area contributed by atoms with E-state index in [0.717, 1.165) is 21.2 Å². The van der Waals surface area contributed by atoms with Crippen LogP contribution >= 0.6 is 15.9 Å². The highest BCUT2D eigenvalue weighted by Gasteiger charge is 2.52. The summed E-state index contributed by atoms with van der Waals surface area (Å²) in [5, 5.41) is 21.8. The number of hydroxylamine groups is 2. The minimum absolute atomic E-state index is 0.130. The first kappa shape index (κ1) is 16.5. The van der Waals surface area contributed by atoms with Gasteiger partial charge in [0.1, 0.15) is 11.3 Å². The van der Waals surface area contributed by atoms with E-state index in [0.29, 0.717) is 31.5 Å². The molecule has 124 valence electrons. The van der Waals surface area contributed by atoms with Gasteiger partial charge in [0.25, 0.3) is 5.91 Å². The molecule has 0 atom stereocenters. The van der Waals surface area contributed by atoms with E-state index >= 15 is 0 Å². The van der Waals surface area contributed by atoms with E-state index in [1.54, 1.807) is 11.9 Å². The van der Waals surface area contributed by atoms with Gasteiger partial charge < -0.3 is 15.2 Å². The molecule has 23 heavy (non-hydrogen) atoms. The van der Waals surface area contributed by atoms with Crippen LogP contribution < -0.4 is 0 Å². The van der Waals surface area contributed by atoms with Crippen molar-refractivity contribution in [2.24, 2.45) is 0 Å². The van der Waals surface area contributed by atoms with Crippen molar-refractivity contribution in [3.63, 3.8) is 0 Å². The third kappa shape index (κ3) is 2.40. The van der Waals surface area contributed by atoms with E-state index in [-0.39, 0.29) is 11.7 Å². The van der Waals surface area contributed by atoms with Gasteiger partial charge in [-0.05, 0) is 43.9 Å². The van der Waals surface area contributed by atoms with Crippen molar-refractivity contribution in [1.82, 2.24) is 9.96 Å². The van der Waals surface area contributed by atoms with Gasteiger partial charge in [-0.15, -0.1) is 0 Å². The Hall–Kier alpha value is -1.37. The zero-order valence-electron chi connectivity index (χ0n) is 13.6. The highest BCUT2D eigenvalue weighted by molar-refractivity contribution is 9.10. The minimum atomic E-state index is -0.706. The van der Waals surface area contributed by atoms with Gasteiger partial charge in [0.15, 0.2) is 0 Å². The minimum Gasteiger partial charge on any atom is -0.509 e. The molecule has 2 aliphatic rings. The molecular formula is C17H21BrN2O3. The molecule has 0 radical (unpaired) electrons. The molecule has 1 aromatic rings. The van der Waals surface area contributed by atoms with Crippen molar-refractivity contribution in [2.75, 3.05) is 20.1 Å². The van der Waals surface area contributed by atoms with Crippen LogP contribution in [-0.4, -0.2) is 51.9 Å². The maximum Gasteiger partial charge on any atom is 0.258 e. The number of rotatable bonds is 1. The van der Waals surface area contributed by atoms with Crippen molar-refractivity contribution in [2.45, 2.75) is 32.2 Å². The summed E-state index contributed by atoms with van der Waals surface area (Å²) in [6, 6.07) is 3.96. The molecule has 2 aliphatic heterocycles. The van der Waals surface area contributed by atoms with Crippen LogP contribution in [0.2, 0.25) is 0 Å². The Bertz CT molecular complexity index is 683. The maximum atomic E-state index is 12.9. The fourth-order valence-electron chi connectivity index (χ4n) is 3.75. The topological polar surface area (TPSA) is 64.0 Å². The quantitative estimate of drug-likeness (QED) is 0.785. The number of likely N-dealkylation sites (N-methyl/N-ethyl adjacent to an activating group) is 1. The van der Waals surface area contributed by atoms with Crippen LogP contribution in [0.4, 0.5) is 0 Å². The largest absolute Gasteiger partial charge is 0.509 e. The smallest absolute Gasteiger partial charge is 0.258 e. The Morgan fingerprint density at radius 3 is 2.39 bits per heavy atom. The van der Waals surface area contributed by atoms with Crippen LogP contribution in [0.3, 0.4) is 0 Å². The number of carbonyl (C=O) groups excluding carboxylic acids is 1. The molecule has 0 saturated carbocycles. The van der Waals surface area contributed by atoms with Crippen molar-refractivity contribution < 1.29 is 15.1 Å². The van der Waals surface area contributed by atoms with Crippen LogP contribution in [-0.2, 0) is 4.79 Å². The lowest BCUT2D eigenvalue weighted by Crippen LogP contribution is -2.53. The number of hydrogen-bond acceptors (Lipinski definition) is 4. The number of aliphatic hydroxyl groups excluding tert-OH is 1. The molecule has 1 fully saturated rings. The molecule has 5 nitrogen and oxygen atoms in total. The second-order valence-corrected chi connectivity index (χ2v) is 7.37. The van der Waals surface area contributed by atoms with Crippen LogP contribution in [0.1, 0.15) is 29.5 Å². The monoisotopic (exact) mass is 380 g/mol. The van der Waals surface area contributed by atoms with Gasteiger partial charge in [-0.25, -0.2) is 0 Å². The first-order valence-electron chi connectivity index (χ1n) is 7.71. The number of halogens is 1. The first-order valence-corrected chi connectivity index (χ1v) is 8.50. The lowest BCUT2D eigenvalue weighted by Gasteiger charge is -2.41. The Morgan fingerprint density at radius 1 is 1.22 bits per heavy atom. The Morgan fingerprint density at radius 2 is 1.83 bits per heavy atom. The Labute approximate surface area is 144 Å². The molecule has 1 spiro atoms. The summed E-state index contributed by atoms with van der Waals surface area (Å²) in [6.07, 6.45) is 1.03. The van der Waals surface area contributed by atoms with Crippen molar-refractivity contribution in [3.05, 3.63) is 39.1 Å². The second kappa shape index (κ2) is 5.61. The Balaban J connectivity index is 2.16. The standard InChI is InChI=1S/C17H21BrN2O3/c1-10-8-11(2)13(12(18)9-10)14-15(21)17(19(3)16(14)22)4-6-20(23)7-5-17/h8-9,21,23H,4-7H2,1-3H3. The van der Waals surface area contributed by atoms with E-state index < -0.39 is 5.54 Å². The van der Waals surface area contributed by atoms with Crippen molar-refractivity contribution in [3.8, 4) is 0 Å². The number of piperidine rings is 1. The Kier molecular flexibility index (Phi) is 4.02. The number of nitrogens with zero attached hydrogens (tertiary/aromatic N) is 2. The SMILES string of the molecule is Cc1cc(C)c(C2=C(O)C3(CCN(O)CC3)N(C)C2=O)c(Br)c1. The summed E-state index contributed by atoms with van der Waals surface area (Å²) in [6.45, 7) is 4.81. The summed E-state index contributed by atoms with van der Waals surface area (Å²) in [7, 11) is 1.73. The number of aliphatic hydroxyl groups is 1. The summed E-state index contributed by atoms with van der Waals surface area (Å²) >= 11 is 3.54. The van der Waals surface area contributed by atoms with E-state index in [1.165, 1.54) is 5.06 Å². The zero-order valence-corrected chi connectivity index (χ0v) is 15.1. The van der Waals surface area contributed by atoms with Gasteiger partial charge in [0.05, 0.1) is 5.57 Å². The molecule has 6 heteroatoms. The summed E-state index contributed by atoms with van der Waals surface area (Å²) in [5.41, 5.74) is 2.48. The van der Waals surface area contributed by atoms with Crippen LogP contribution in [0.15, 0.2) is 22.4 Å². The van der Waals surface area contributed by atoms with Crippen molar-refractivity contribution >= 4 is 27.4 Å². The van der Waals surface area contributed by atoms with Gasteiger partial charge in [0, 0.05) is 30.2 Å².